The molecule has 3 rings (SSSR count). The van der Waals surface area contributed by atoms with E-state index < -0.39 is 0 Å². The van der Waals surface area contributed by atoms with Crippen LogP contribution in [0.25, 0.3) is 0 Å². The molecular formula is C16H19Cl2N3O2. The van der Waals surface area contributed by atoms with E-state index >= 15 is 0 Å². The molecule has 0 bridgehead atoms. The summed E-state index contributed by atoms with van der Waals surface area (Å²) >= 11 is 0. The predicted molar refractivity (Wildman–Crippen MR) is 94.0 cm³/mol. The van der Waals surface area contributed by atoms with E-state index in [1.807, 2.05) is 12.1 Å². The van der Waals surface area contributed by atoms with Gasteiger partial charge in [-0.25, -0.2) is 0 Å². The van der Waals surface area contributed by atoms with E-state index in [0.29, 0.717) is 17.1 Å². The summed E-state index contributed by atoms with van der Waals surface area (Å²) < 4.78 is 5.71. The van der Waals surface area contributed by atoms with Gasteiger partial charge in [0.15, 0.2) is 0 Å². The van der Waals surface area contributed by atoms with Crippen molar-refractivity contribution in [1.82, 2.24) is 15.6 Å². The van der Waals surface area contributed by atoms with Crippen LogP contribution in [-0.4, -0.2) is 30.0 Å². The van der Waals surface area contributed by atoms with Gasteiger partial charge >= 0.3 is 0 Å². The van der Waals surface area contributed by atoms with Crippen molar-refractivity contribution in [3.63, 3.8) is 0 Å². The number of benzene rings is 1. The van der Waals surface area contributed by atoms with Crippen LogP contribution in [0.1, 0.15) is 16.8 Å². The van der Waals surface area contributed by atoms with Crippen LogP contribution in [0.3, 0.4) is 0 Å². The van der Waals surface area contributed by atoms with Gasteiger partial charge in [0, 0.05) is 30.5 Å². The molecule has 7 heteroatoms. The third kappa shape index (κ3) is 5.39. The Morgan fingerprint density at radius 1 is 1.17 bits per heavy atom. The van der Waals surface area contributed by atoms with Crippen LogP contribution < -0.4 is 15.4 Å². The Labute approximate surface area is 147 Å². The molecule has 0 radical (unpaired) electrons. The second-order valence-electron chi connectivity index (χ2n) is 4.98. The second kappa shape index (κ2) is 9.35. The van der Waals surface area contributed by atoms with E-state index in [0.717, 1.165) is 19.5 Å². The first-order valence-electron chi connectivity index (χ1n) is 7.01. The monoisotopic (exact) mass is 355 g/mol. The third-order valence-electron chi connectivity index (χ3n) is 3.38. The third-order valence-corrected chi connectivity index (χ3v) is 3.38. The molecule has 1 aromatic heterocycles. The molecule has 1 atom stereocenters. The van der Waals surface area contributed by atoms with Crippen LogP contribution in [0.2, 0.25) is 0 Å². The van der Waals surface area contributed by atoms with Gasteiger partial charge in [-0.2, -0.15) is 0 Å². The van der Waals surface area contributed by atoms with Gasteiger partial charge in [0.25, 0.3) is 5.91 Å². The average molecular weight is 356 g/mol. The standard InChI is InChI=1S/C16H17N3O2.2ClH/c20-16(19-13-4-7-18-11-13)12-2-1-3-15(10-12)21-14-5-8-17-9-6-14;;/h1-3,5-6,8-10,13,18H,4,7,11H2,(H,19,20);2*1H. The summed E-state index contributed by atoms with van der Waals surface area (Å²) in [6.07, 6.45) is 4.30. The van der Waals surface area contributed by atoms with Crippen LogP contribution >= 0.6 is 24.8 Å². The number of carbonyl (C=O) groups is 1. The smallest absolute Gasteiger partial charge is 0.251 e. The fourth-order valence-electron chi connectivity index (χ4n) is 2.29. The first kappa shape index (κ1) is 19.2. The summed E-state index contributed by atoms with van der Waals surface area (Å²) in [7, 11) is 0. The number of halogens is 2. The minimum absolute atomic E-state index is 0. The number of pyridine rings is 1. The topological polar surface area (TPSA) is 63.2 Å². The molecule has 2 N–H and O–H groups in total. The van der Waals surface area contributed by atoms with E-state index in [-0.39, 0.29) is 36.8 Å². The fraction of sp³-hybridized carbons (Fsp3) is 0.250. The molecule has 1 aromatic carbocycles. The van der Waals surface area contributed by atoms with Crippen molar-refractivity contribution in [3.05, 3.63) is 54.4 Å². The molecule has 0 spiro atoms. The predicted octanol–water partition coefficient (Wildman–Crippen LogP) is 2.81. The second-order valence-corrected chi connectivity index (χ2v) is 4.98. The van der Waals surface area contributed by atoms with Crippen LogP contribution in [0.4, 0.5) is 0 Å². The molecule has 1 aliphatic heterocycles. The highest BCUT2D eigenvalue weighted by atomic mass is 35.5. The first-order chi connectivity index (χ1) is 10.3. The molecule has 23 heavy (non-hydrogen) atoms. The summed E-state index contributed by atoms with van der Waals surface area (Å²) in [5.74, 6) is 1.27. The van der Waals surface area contributed by atoms with E-state index in [1.54, 1.807) is 36.7 Å². The number of carbonyl (C=O) groups excluding carboxylic acids is 1. The zero-order valence-corrected chi connectivity index (χ0v) is 14.0. The lowest BCUT2D eigenvalue weighted by atomic mass is 10.1. The zero-order chi connectivity index (χ0) is 14.5. The van der Waals surface area contributed by atoms with Gasteiger partial charge in [0.2, 0.25) is 0 Å². The minimum atomic E-state index is -0.0659. The zero-order valence-electron chi connectivity index (χ0n) is 12.4. The normalized spacial score (nSPS) is 15.9. The SMILES string of the molecule is Cl.Cl.O=C(NC1CCNC1)c1cccc(Oc2ccncc2)c1. The maximum absolute atomic E-state index is 12.2. The maximum atomic E-state index is 12.2. The van der Waals surface area contributed by atoms with E-state index in [4.69, 9.17) is 4.74 Å². The van der Waals surface area contributed by atoms with Crippen molar-refractivity contribution in [2.75, 3.05) is 13.1 Å². The molecule has 1 saturated heterocycles. The molecule has 0 saturated carbocycles. The van der Waals surface area contributed by atoms with E-state index in [2.05, 4.69) is 15.6 Å². The number of ether oxygens (including phenoxy) is 1. The van der Waals surface area contributed by atoms with E-state index in [1.165, 1.54) is 0 Å². The van der Waals surface area contributed by atoms with Gasteiger partial charge < -0.3 is 15.4 Å². The van der Waals surface area contributed by atoms with Crippen LogP contribution in [0, 0.1) is 0 Å². The van der Waals surface area contributed by atoms with Gasteiger partial charge in [-0.3, -0.25) is 9.78 Å². The Kier molecular flexibility index (Phi) is 7.81. The van der Waals surface area contributed by atoms with Crippen LogP contribution in [0.15, 0.2) is 48.8 Å². The van der Waals surface area contributed by atoms with Crippen molar-refractivity contribution in [2.45, 2.75) is 12.5 Å². The Morgan fingerprint density at radius 2 is 1.96 bits per heavy atom. The molecule has 0 aliphatic carbocycles. The maximum Gasteiger partial charge on any atom is 0.251 e. The molecule has 124 valence electrons. The molecule has 1 fully saturated rings. The number of hydrogen-bond acceptors (Lipinski definition) is 4. The molecule has 1 unspecified atom stereocenters. The summed E-state index contributed by atoms with van der Waals surface area (Å²) in [5.41, 5.74) is 0.605. The van der Waals surface area contributed by atoms with Crippen molar-refractivity contribution in [3.8, 4) is 11.5 Å². The minimum Gasteiger partial charge on any atom is -0.457 e. The lowest BCUT2D eigenvalue weighted by Gasteiger charge is -2.12. The number of aromatic nitrogens is 1. The van der Waals surface area contributed by atoms with Crippen LogP contribution in [-0.2, 0) is 0 Å². The van der Waals surface area contributed by atoms with Gasteiger partial charge in [-0.05, 0) is 43.3 Å². The quantitative estimate of drug-likeness (QED) is 0.884. The highest BCUT2D eigenvalue weighted by Crippen LogP contribution is 2.21. The fourth-order valence-corrected chi connectivity index (χ4v) is 2.29. The number of nitrogens with zero attached hydrogens (tertiary/aromatic N) is 1. The lowest BCUT2D eigenvalue weighted by Crippen LogP contribution is -2.36. The van der Waals surface area contributed by atoms with Crippen molar-refractivity contribution in [2.24, 2.45) is 0 Å². The molecule has 5 nitrogen and oxygen atoms in total. The lowest BCUT2D eigenvalue weighted by molar-refractivity contribution is 0.0939. The van der Waals surface area contributed by atoms with Crippen LogP contribution in [0.5, 0.6) is 11.5 Å². The highest BCUT2D eigenvalue weighted by molar-refractivity contribution is 5.94. The van der Waals surface area contributed by atoms with Gasteiger partial charge in [0.1, 0.15) is 11.5 Å². The number of nitrogens with one attached hydrogen (secondary N) is 2. The molecule has 1 amide bonds. The molecule has 2 aromatic rings. The van der Waals surface area contributed by atoms with Gasteiger partial charge in [0.05, 0.1) is 0 Å². The van der Waals surface area contributed by atoms with Crippen molar-refractivity contribution < 1.29 is 9.53 Å². The van der Waals surface area contributed by atoms with Gasteiger partial charge in [-0.1, -0.05) is 6.07 Å². The average Bonchev–Trinajstić information content (AvgIpc) is 3.01. The Morgan fingerprint density at radius 3 is 2.65 bits per heavy atom. The van der Waals surface area contributed by atoms with E-state index in [9.17, 15) is 4.79 Å². The molecule has 2 heterocycles. The van der Waals surface area contributed by atoms with Gasteiger partial charge in [-0.15, -0.1) is 24.8 Å². The van der Waals surface area contributed by atoms with Crippen molar-refractivity contribution in [1.29, 1.82) is 0 Å². The number of hydrogen-bond donors (Lipinski definition) is 2. The summed E-state index contributed by atoms with van der Waals surface area (Å²) in [4.78, 5) is 16.1. The Balaban J connectivity index is 0.00000132. The number of amides is 1. The molecule has 1 aliphatic rings. The Bertz CT molecular complexity index is 620. The summed E-state index contributed by atoms with van der Waals surface area (Å²) in [6.45, 7) is 1.79. The highest BCUT2D eigenvalue weighted by Gasteiger charge is 2.17. The molecular weight excluding hydrogens is 337 g/mol. The Hall–Kier alpha value is -1.82. The first-order valence-corrected chi connectivity index (χ1v) is 7.01. The summed E-state index contributed by atoms with van der Waals surface area (Å²) in [5, 5.41) is 6.25. The number of rotatable bonds is 4. The summed E-state index contributed by atoms with van der Waals surface area (Å²) in [6, 6.07) is 10.9. The van der Waals surface area contributed by atoms with Crippen molar-refractivity contribution >= 4 is 30.7 Å². The largest absolute Gasteiger partial charge is 0.457 e.